The molecule has 2 saturated heterocycles. The Balaban J connectivity index is 1.53. The molecule has 2 atom stereocenters. The fraction of sp³-hybridized carbons (Fsp3) is 0.421. The lowest BCUT2D eigenvalue weighted by Crippen LogP contribution is -2.43. The molecule has 0 radical (unpaired) electrons. The van der Waals surface area contributed by atoms with Crippen molar-refractivity contribution in [1.82, 2.24) is 20.4 Å². The molecule has 3 heterocycles. The minimum absolute atomic E-state index is 0.217. The number of aromatic nitrogens is 2. The Morgan fingerprint density at radius 1 is 1.33 bits per heavy atom. The van der Waals surface area contributed by atoms with Gasteiger partial charge >= 0.3 is 0 Å². The van der Waals surface area contributed by atoms with Gasteiger partial charge in [-0.25, -0.2) is 4.39 Å². The summed E-state index contributed by atoms with van der Waals surface area (Å²) >= 11 is 0. The normalized spacial score (nSPS) is 22.4. The zero-order valence-electron chi connectivity index (χ0n) is 15.1. The summed E-state index contributed by atoms with van der Waals surface area (Å²) in [7, 11) is 1.62. The highest BCUT2D eigenvalue weighted by molar-refractivity contribution is 6.04. The summed E-state index contributed by atoms with van der Waals surface area (Å²) in [6.07, 6.45) is 2.93. The SMILES string of the molecule is CN(C(=O)c1cn[nH]c1C1CCNC1)C1CCN(c2ccccc2F)C1=O. The van der Waals surface area contributed by atoms with Crippen molar-refractivity contribution < 1.29 is 14.0 Å². The van der Waals surface area contributed by atoms with E-state index in [9.17, 15) is 14.0 Å². The van der Waals surface area contributed by atoms with Crippen molar-refractivity contribution in [2.24, 2.45) is 0 Å². The fourth-order valence-electron chi connectivity index (χ4n) is 3.94. The lowest BCUT2D eigenvalue weighted by molar-refractivity contribution is -0.120. The molecule has 8 heteroatoms. The van der Waals surface area contributed by atoms with E-state index in [0.717, 1.165) is 25.2 Å². The van der Waals surface area contributed by atoms with Crippen LogP contribution in [0.25, 0.3) is 0 Å². The van der Waals surface area contributed by atoms with Crippen LogP contribution in [0.1, 0.15) is 34.8 Å². The largest absolute Gasteiger partial charge is 0.329 e. The third kappa shape index (κ3) is 3.10. The van der Waals surface area contributed by atoms with E-state index in [4.69, 9.17) is 0 Å². The number of aromatic amines is 1. The highest BCUT2D eigenvalue weighted by atomic mass is 19.1. The number of hydrogen-bond acceptors (Lipinski definition) is 4. The second-order valence-corrected chi connectivity index (χ2v) is 7.05. The Kier molecular flexibility index (Phi) is 4.65. The van der Waals surface area contributed by atoms with E-state index in [0.29, 0.717) is 18.5 Å². The summed E-state index contributed by atoms with van der Waals surface area (Å²) in [6, 6.07) is 5.59. The molecule has 2 aromatic rings. The zero-order chi connectivity index (χ0) is 19.0. The standard InChI is InChI=1S/C19H22FN5O2/c1-24(18(26)13-11-22-23-17(13)12-6-8-21-10-12)16-7-9-25(19(16)27)15-5-3-2-4-14(15)20/h2-5,11-12,16,21H,6-10H2,1H3,(H,22,23). The van der Waals surface area contributed by atoms with Crippen molar-refractivity contribution in [2.75, 3.05) is 31.6 Å². The molecule has 0 spiro atoms. The molecule has 1 aromatic heterocycles. The molecule has 142 valence electrons. The Bertz CT molecular complexity index is 861. The van der Waals surface area contributed by atoms with Gasteiger partial charge in [-0.1, -0.05) is 12.1 Å². The number of nitrogens with zero attached hydrogens (tertiary/aromatic N) is 3. The van der Waals surface area contributed by atoms with Gasteiger partial charge in [0.25, 0.3) is 5.91 Å². The van der Waals surface area contributed by atoms with Crippen LogP contribution in [0.4, 0.5) is 10.1 Å². The van der Waals surface area contributed by atoms with Gasteiger partial charge < -0.3 is 15.1 Å². The molecule has 0 bridgehead atoms. The number of amides is 2. The van der Waals surface area contributed by atoms with Gasteiger partial charge in [0.15, 0.2) is 0 Å². The molecular weight excluding hydrogens is 349 g/mol. The quantitative estimate of drug-likeness (QED) is 0.854. The van der Waals surface area contributed by atoms with E-state index in [1.54, 1.807) is 25.2 Å². The molecule has 2 N–H and O–H groups in total. The number of H-pyrrole nitrogens is 1. The summed E-state index contributed by atoms with van der Waals surface area (Å²) in [4.78, 5) is 28.7. The Morgan fingerprint density at radius 2 is 2.15 bits per heavy atom. The molecule has 7 nitrogen and oxygen atoms in total. The first-order valence-electron chi connectivity index (χ1n) is 9.15. The summed E-state index contributed by atoms with van der Waals surface area (Å²) in [5, 5.41) is 10.3. The first-order chi connectivity index (χ1) is 13.1. The smallest absolute Gasteiger partial charge is 0.257 e. The van der Waals surface area contributed by atoms with Crippen LogP contribution in [-0.2, 0) is 4.79 Å². The highest BCUT2D eigenvalue weighted by Gasteiger charge is 2.39. The van der Waals surface area contributed by atoms with Crippen LogP contribution in [0.2, 0.25) is 0 Å². The first-order valence-corrected chi connectivity index (χ1v) is 9.15. The maximum absolute atomic E-state index is 14.1. The number of halogens is 1. The van der Waals surface area contributed by atoms with Crippen LogP contribution >= 0.6 is 0 Å². The minimum Gasteiger partial charge on any atom is -0.329 e. The molecule has 2 aliphatic heterocycles. The van der Waals surface area contributed by atoms with Gasteiger partial charge in [-0.15, -0.1) is 0 Å². The Labute approximate surface area is 156 Å². The molecule has 0 saturated carbocycles. The van der Waals surface area contributed by atoms with Crippen LogP contribution < -0.4 is 10.2 Å². The molecule has 27 heavy (non-hydrogen) atoms. The van der Waals surface area contributed by atoms with E-state index in [1.807, 2.05) is 0 Å². The number of rotatable bonds is 4. The van der Waals surface area contributed by atoms with E-state index in [1.165, 1.54) is 22.1 Å². The monoisotopic (exact) mass is 371 g/mol. The number of para-hydroxylation sites is 1. The number of likely N-dealkylation sites (N-methyl/N-ethyl adjacent to an activating group) is 1. The number of anilines is 1. The Hall–Kier alpha value is -2.74. The molecule has 2 unspecified atom stereocenters. The van der Waals surface area contributed by atoms with Gasteiger partial charge in [0.05, 0.1) is 23.1 Å². The summed E-state index contributed by atoms with van der Waals surface area (Å²) in [5.74, 6) is -0.719. The summed E-state index contributed by atoms with van der Waals surface area (Å²) < 4.78 is 14.1. The van der Waals surface area contributed by atoms with Gasteiger partial charge in [0, 0.05) is 26.1 Å². The van der Waals surface area contributed by atoms with Crippen molar-refractivity contribution in [2.45, 2.75) is 24.8 Å². The van der Waals surface area contributed by atoms with E-state index >= 15 is 0 Å². The molecule has 2 fully saturated rings. The van der Waals surface area contributed by atoms with Crippen molar-refractivity contribution in [1.29, 1.82) is 0 Å². The average Bonchev–Trinajstić information content (AvgIpc) is 3.41. The summed E-state index contributed by atoms with van der Waals surface area (Å²) in [6.45, 7) is 2.09. The molecule has 1 aromatic carbocycles. The van der Waals surface area contributed by atoms with Crippen molar-refractivity contribution >= 4 is 17.5 Å². The van der Waals surface area contributed by atoms with Crippen LogP contribution in [0, 0.1) is 5.82 Å². The van der Waals surface area contributed by atoms with Crippen LogP contribution in [-0.4, -0.2) is 59.6 Å². The lowest BCUT2D eigenvalue weighted by Gasteiger charge is -2.24. The topological polar surface area (TPSA) is 81.3 Å². The number of carbonyl (C=O) groups excluding carboxylic acids is 2. The molecule has 2 aliphatic rings. The Morgan fingerprint density at radius 3 is 2.89 bits per heavy atom. The molecule has 0 aliphatic carbocycles. The first kappa shape index (κ1) is 17.7. The van der Waals surface area contributed by atoms with Crippen LogP contribution in [0.3, 0.4) is 0 Å². The van der Waals surface area contributed by atoms with E-state index in [-0.39, 0.29) is 23.4 Å². The second kappa shape index (κ2) is 7.11. The lowest BCUT2D eigenvalue weighted by atomic mass is 10.00. The second-order valence-electron chi connectivity index (χ2n) is 7.05. The number of nitrogens with one attached hydrogen (secondary N) is 2. The van der Waals surface area contributed by atoms with Crippen LogP contribution in [0.15, 0.2) is 30.5 Å². The van der Waals surface area contributed by atoms with Crippen molar-refractivity contribution in [3.8, 4) is 0 Å². The predicted octanol–water partition coefficient (Wildman–Crippen LogP) is 1.50. The number of benzene rings is 1. The van der Waals surface area contributed by atoms with Crippen LogP contribution in [0.5, 0.6) is 0 Å². The zero-order valence-corrected chi connectivity index (χ0v) is 15.1. The van der Waals surface area contributed by atoms with Gasteiger partial charge in [-0.3, -0.25) is 14.7 Å². The predicted molar refractivity (Wildman–Crippen MR) is 98.1 cm³/mol. The third-order valence-electron chi connectivity index (χ3n) is 5.48. The number of hydrogen-bond donors (Lipinski definition) is 2. The average molecular weight is 371 g/mol. The van der Waals surface area contributed by atoms with Gasteiger partial charge in [0.1, 0.15) is 11.9 Å². The van der Waals surface area contributed by atoms with Gasteiger partial charge in [0.2, 0.25) is 5.91 Å². The van der Waals surface area contributed by atoms with Gasteiger partial charge in [-0.05, 0) is 31.5 Å². The third-order valence-corrected chi connectivity index (χ3v) is 5.48. The maximum atomic E-state index is 14.1. The maximum Gasteiger partial charge on any atom is 0.257 e. The van der Waals surface area contributed by atoms with E-state index in [2.05, 4.69) is 15.5 Å². The molecule has 2 amide bonds. The number of carbonyl (C=O) groups is 2. The molecule has 4 rings (SSSR count). The minimum atomic E-state index is -0.610. The van der Waals surface area contributed by atoms with E-state index < -0.39 is 11.9 Å². The summed E-state index contributed by atoms with van der Waals surface area (Å²) in [5.41, 5.74) is 1.57. The molecular formula is C19H22FN5O2. The fourth-order valence-corrected chi connectivity index (χ4v) is 3.94. The van der Waals surface area contributed by atoms with Crippen molar-refractivity contribution in [3.63, 3.8) is 0 Å². The highest BCUT2D eigenvalue weighted by Crippen LogP contribution is 2.28. The van der Waals surface area contributed by atoms with Gasteiger partial charge in [-0.2, -0.15) is 5.10 Å². The van der Waals surface area contributed by atoms with Crippen molar-refractivity contribution in [3.05, 3.63) is 47.5 Å².